The molecule has 1 aliphatic heterocycles. The average Bonchev–Trinajstić information content (AvgIpc) is 2.81. The van der Waals surface area contributed by atoms with E-state index < -0.39 is 24.0 Å². The molecular weight excluding hydrogens is 261 g/mol. The number of likely N-dealkylation sites (tertiary alicyclic amines) is 1. The monoisotopic (exact) mass is 275 g/mol. The van der Waals surface area contributed by atoms with Gasteiger partial charge in [-0.25, -0.2) is 4.39 Å². The van der Waals surface area contributed by atoms with E-state index >= 15 is 0 Å². The predicted octanol–water partition coefficient (Wildman–Crippen LogP) is 0.791. The van der Waals surface area contributed by atoms with Gasteiger partial charge in [0.05, 0.1) is 19.0 Å². The van der Waals surface area contributed by atoms with Crippen molar-refractivity contribution in [2.24, 2.45) is 5.73 Å². The van der Waals surface area contributed by atoms with Crippen molar-refractivity contribution in [3.8, 4) is 6.07 Å². The van der Waals surface area contributed by atoms with Gasteiger partial charge in [0.2, 0.25) is 5.91 Å². The molecule has 0 unspecified atom stereocenters. The Morgan fingerprint density at radius 3 is 2.90 bits per heavy atom. The summed E-state index contributed by atoms with van der Waals surface area (Å²) in [6.07, 6.45) is -1.11. The summed E-state index contributed by atoms with van der Waals surface area (Å²) in [5.74, 6) is -1.14. The van der Waals surface area contributed by atoms with E-state index in [2.05, 4.69) is 0 Å². The van der Waals surface area contributed by atoms with Crippen molar-refractivity contribution in [2.45, 2.75) is 25.1 Å². The molecule has 0 radical (unpaired) electrons. The highest BCUT2D eigenvalue weighted by Crippen LogP contribution is 2.23. The van der Waals surface area contributed by atoms with E-state index in [-0.39, 0.29) is 19.4 Å². The van der Waals surface area contributed by atoms with Gasteiger partial charge in [-0.15, -0.1) is 0 Å². The Labute approximate surface area is 115 Å². The number of amides is 2. The summed E-state index contributed by atoms with van der Waals surface area (Å²) in [4.78, 5) is 24.8. The van der Waals surface area contributed by atoms with Gasteiger partial charge in [0.1, 0.15) is 12.2 Å². The van der Waals surface area contributed by atoms with Crippen LogP contribution in [0.5, 0.6) is 0 Å². The van der Waals surface area contributed by atoms with Crippen molar-refractivity contribution in [1.82, 2.24) is 4.90 Å². The number of halogens is 1. The SMILES string of the molecule is N#CCc1cccc(C(=O)N2C[C@H](F)C[C@H]2C(N)=O)c1. The molecule has 1 saturated heterocycles. The van der Waals surface area contributed by atoms with Gasteiger partial charge in [-0.1, -0.05) is 12.1 Å². The van der Waals surface area contributed by atoms with Crippen molar-refractivity contribution in [3.05, 3.63) is 35.4 Å². The number of benzene rings is 1. The molecular formula is C14H14FN3O2. The lowest BCUT2D eigenvalue weighted by molar-refractivity contribution is -0.121. The van der Waals surface area contributed by atoms with E-state index in [1.165, 1.54) is 4.90 Å². The molecule has 1 heterocycles. The lowest BCUT2D eigenvalue weighted by atomic mass is 10.1. The van der Waals surface area contributed by atoms with E-state index in [0.717, 1.165) is 0 Å². The smallest absolute Gasteiger partial charge is 0.254 e. The third kappa shape index (κ3) is 2.77. The van der Waals surface area contributed by atoms with Gasteiger partial charge in [0.15, 0.2) is 0 Å². The molecule has 0 saturated carbocycles. The van der Waals surface area contributed by atoms with Gasteiger partial charge in [-0.2, -0.15) is 5.26 Å². The van der Waals surface area contributed by atoms with Gasteiger partial charge < -0.3 is 10.6 Å². The van der Waals surface area contributed by atoms with Gasteiger partial charge in [0, 0.05) is 12.0 Å². The molecule has 1 aromatic carbocycles. The maximum Gasteiger partial charge on any atom is 0.254 e. The molecule has 0 bridgehead atoms. The summed E-state index contributed by atoms with van der Waals surface area (Å²) >= 11 is 0. The zero-order valence-corrected chi connectivity index (χ0v) is 10.8. The Morgan fingerprint density at radius 1 is 1.50 bits per heavy atom. The number of carbonyl (C=O) groups is 2. The fourth-order valence-corrected chi connectivity index (χ4v) is 2.35. The second-order valence-corrected chi connectivity index (χ2v) is 4.74. The molecule has 0 spiro atoms. The third-order valence-corrected chi connectivity index (χ3v) is 3.30. The number of hydrogen-bond donors (Lipinski definition) is 1. The van der Waals surface area contributed by atoms with Gasteiger partial charge in [-0.3, -0.25) is 9.59 Å². The van der Waals surface area contributed by atoms with Crippen LogP contribution in [0.15, 0.2) is 24.3 Å². The van der Waals surface area contributed by atoms with Crippen molar-refractivity contribution >= 4 is 11.8 Å². The first-order valence-corrected chi connectivity index (χ1v) is 6.23. The van der Waals surface area contributed by atoms with Gasteiger partial charge in [-0.05, 0) is 17.7 Å². The van der Waals surface area contributed by atoms with Gasteiger partial charge >= 0.3 is 0 Å². The fraction of sp³-hybridized carbons (Fsp3) is 0.357. The molecule has 1 fully saturated rings. The molecule has 2 amide bonds. The van der Waals surface area contributed by atoms with Crippen LogP contribution in [0.1, 0.15) is 22.3 Å². The minimum absolute atomic E-state index is 0.0566. The third-order valence-electron chi connectivity index (χ3n) is 3.30. The molecule has 2 N–H and O–H groups in total. The topological polar surface area (TPSA) is 87.2 Å². The van der Waals surface area contributed by atoms with Crippen molar-refractivity contribution in [3.63, 3.8) is 0 Å². The summed E-state index contributed by atoms with van der Waals surface area (Å²) in [6.45, 7) is -0.130. The summed E-state index contributed by atoms with van der Waals surface area (Å²) in [5, 5.41) is 8.65. The molecule has 1 aromatic rings. The Balaban J connectivity index is 2.24. The van der Waals surface area contributed by atoms with Crippen molar-refractivity contribution in [2.75, 3.05) is 6.54 Å². The van der Waals surface area contributed by atoms with E-state index in [0.29, 0.717) is 11.1 Å². The zero-order valence-electron chi connectivity index (χ0n) is 10.8. The number of primary amides is 1. The summed E-state index contributed by atoms with van der Waals surface area (Å²) in [5.41, 5.74) is 6.23. The maximum absolute atomic E-state index is 13.4. The standard InChI is InChI=1S/C14H14FN3O2/c15-11-7-12(13(17)19)18(8-11)14(20)10-3-1-2-9(6-10)4-5-16/h1-3,6,11-12H,4,7-8H2,(H2,17,19)/t11-,12+/m1/s1. The second-order valence-electron chi connectivity index (χ2n) is 4.74. The highest BCUT2D eigenvalue weighted by atomic mass is 19.1. The van der Waals surface area contributed by atoms with Crippen molar-refractivity contribution in [1.29, 1.82) is 5.26 Å². The first-order chi connectivity index (χ1) is 9.52. The minimum atomic E-state index is -1.24. The molecule has 0 aromatic heterocycles. The quantitative estimate of drug-likeness (QED) is 0.884. The molecule has 2 atom stereocenters. The number of carbonyl (C=O) groups excluding carboxylic acids is 2. The van der Waals surface area contributed by atoms with Crippen LogP contribution in [0.25, 0.3) is 0 Å². The largest absolute Gasteiger partial charge is 0.368 e. The highest BCUT2D eigenvalue weighted by Gasteiger charge is 2.39. The minimum Gasteiger partial charge on any atom is -0.368 e. The van der Waals surface area contributed by atoms with Gasteiger partial charge in [0.25, 0.3) is 5.91 Å². The predicted molar refractivity (Wildman–Crippen MR) is 69.3 cm³/mol. The van der Waals surface area contributed by atoms with Crippen LogP contribution < -0.4 is 5.73 Å². The Hall–Kier alpha value is -2.42. The van der Waals surface area contributed by atoms with Crippen LogP contribution in [-0.2, 0) is 11.2 Å². The summed E-state index contributed by atoms with van der Waals surface area (Å²) in [6, 6.07) is 7.63. The number of alkyl halides is 1. The molecule has 5 nitrogen and oxygen atoms in total. The number of rotatable bonds is 3. The maximum atomic E-state index is 13.4. The lowest BCUT2D eigenvalue weighted by Gasteiger charge is -2.21. The molecule has 2 rings (SSSR count). The highest BCUT2D eigenvalue weighted by molar-refractivity contribution is 5.98. The first kappa shape index (κ1) is 14.0. The molecule has 1 aliphatic rings. The molecule has 6 heteroatoms. The number of nitrogens with two attached hydrogens (primary N) is 1. The van der Waals surface area contributed by atoms with Crippen LogP contribution >= 0.6 is 0 Å². The Morgan fingerprint density at radius 2 is 2.25 bits per heavy atom. The lowest BCUT2D eigenvalue weighted by Crippen LogP contribution is -2.43. The average molecular weight is 275 g/mol. The number of nitrogens with zero attached hydrogens (tertiary/aromatic N) is 2. The Kier molecular flexibility index (Phi) is 3.99. The van der Waals surface area contributed by atoms with Crippen LogP contribution in [0, 0.1) is 11.3 Å². The van der Waals surface area contributed by atoms with E-state index in [4.69, 9.17) is 11.0 Å². The van der Waals surface area contributed by atoms with E-state index in [1.54, 1.807) is 24.3 Å². The van der Waals surface area contributed by atoms with Crippen LogP contribution in [0.4, 0.5) is 4.39 Å². The van der Waals surface area contributed by atoms with Crippen LogP contribution in [0.3, 0.4) is 0 Å². The van der Waals surface area contributed by atoms with Crippen LogP contribution in [-0.4, -0.2) is 35.5 Å². The molecule has 20 heavy (non-hydrogen) atoms. The summed E-state index contributed by atoms with van der Waals surface area (Å²) in [7, 11) is 0. The first-order valence-electron chi connectivity index (χ1n) is 6.23. The zero-order chi connectivity index (χ0) is 14.7. The molecule has 0 aliphatic carbocycles. The van der Waals surface area contributed by atoms with Crippen molar-refractivity contribution < 1.29 is 14.0 Å². The normalized spacial score (nSPS) is 21.5. The van der Waals surface area contributed by atoms with E-state index in [1.807, 2.05) is 6.07 Å². The number of hydrogen-bond acceptors (Lipinski definition) is 3. The summed E-state index contributed by atoms with van der Waals surface area (Å²) < 4.78 is 13.4. The van der Waals surface area contributed by atoms with E-state index in [9.17, 15) is 14.0 Å². The molecule has 104 valence electrons. The fourth-order valence-electron chi connectivity index (χ4n) is 2.35. The second kappa shape index (κ2) is 5.70. The van der Waals surface area contributed by atoms with Crippen LogP contribution in [0.2, 0.25) is 0 Å². The Bertz CT molecular complexity index is 582. The number of nitriles is 1.